The van der Waals surface area contributed by atoms with E-state index in [4.69, 9.17) is 14.5 Å². The van der Waals surface area contributed by atoms with Crippen molar-refractivity contribution in [3.8, 4) is 28.7 Å². The predicted molar refractivity (Wildman–Crippen MR) is 134 cm³/mol. The Bertz CT molecular complexity index is 1450. The fourth-order valence-corrected chi connectivity index (χ4v) is 4.52. The molecule has 0 radical (unpaired) electrons. The Labute approximate surface area is 208 Å². The van der Waals surface area contributed by atoms with E-state index in [9.17, 15) is 4.79 Å². The van der Waals surface area contributed by atoms with E-state index in [0.717, 1.165) is 28.8 Å². The molecule has 1 N–H and O–H groups in total. The molecule has 2 aromatic carbocycles. The first-order chi connectivity index (χ1) is 17.5. The van der Waals surface area contributed by atoms with Crippen molar-refractivity contribution in [2.75, 3.05) is 13.7 Å². The first-order valence-corrected chi connectivity index (χ1v) is 11.8. The Morgan fingerprint density at radius 3 is 2.81 bits per heavy atom. The van der Waals surface area contributed by atoms with E-state index in [1.54, 1.807) is 12.1 Å². The van der Waals surface area contributed by atoms with Gasteiger partial charge in [0.05, 0.1) is 24.6 Å². The lowest BCUT2D eigenvalue weighted by Crippen LogP contribution is -2.25. The van der Waals surface area contributed by atoms with Crippen LogP contribution in [-0.2, 0) is 19.6 Å². The van der Waals surface area contributed by atoms with Gasteiger partial charge in [-0.3, -0.25) is 4.79 Å². The molecule has 7 nitrogen and oxygen atoms in total. The van der Waals surface area contributed by atoms with Crippen molar-refractivity contribution in [3.63, 3.8) is 0 Å². The zero-order chi connectivity index (χ0) is 25.2. The van der Waals surface area contributed by atoms with Crippen LogP contribution in [0.4, 0.5) is 4.39 Å². The Morgan fingerprint density at radius 2 is 2.00 bits per heavy atom. The summed E-state index contributed by atoms with van der Waals surface area (Å²) >= 11 is 0. The summed E-state index contributed by atoms with van der Waals surface area (Å²) in [5.41, 5.74) is 5.03. The molecule has 0 amide bonds. The number of nitrogens with one attached hydrogen (secondary N) is 1. The second kappa shape index (κ2) is 9.91. The number of pyridine rings is 1. The van der Waals surface area contributed by atoms with Gasteiger partial charge in [0.15, 0.2) is 11.6 Å². The molecule has 184 valence electrons. The second-order valence-corrected chi connectivity index (χ2v) is 8.76. The van der Waals surface area contributed by atoms with Gasteiger partial charge in [-0.05, 0) is 61.7 Å². The lowest BCUT2D eigenvalue weighted by atomic mass is 9.97. The molecule has 0 fully saturated rings. The maximum atomic E-state index is 15.2. The van der Waals surface area contributed by atoms with Crippen LogP contribution in [0, 0.1) is 12.7 Å². The summed E-state index contributed by atoms with van der Waals surface area (Å²) in [6, 6.07) is 15.1. The molecule has 3 heterocycles. The number of fused-ring (bicyclic) bond motifs is 1. The van der Waals surface area contributed by atoms with Crippen molar-refractivity contribution >= 4 is 5.78 Å². The Hall–Kier alpha value is -4.04. The van der Waals surface area contributed by atoms with E-state index in [0.29, 0.717) is 47.2 Å². The molecule has 0 bridgehead atoms. The number of Topliss-reactive ketones (excluding diaryl/α,β-unsaturated/α-hetero) is 1. The minimum atomic E-state index is -0.184. The molecule has 2 aromatic heterocycles. The number of aromatic nitrogens is 3. The molecular weight excluding hydrogens is 459 g/mol. The molecular formula is C28H27FN4O3. The predicted octanol–water partition coefficient (Wildman–Crippen LogP) is 4.82. The highest BCUT2D eigenvalue weighted by Gasteiger charge is 2.20. The van der Waals surface area contributed by atoms with Gasteiger partial charge in [-0.25, -0.2) is 9.37 Å². The van der Waals surface area contributed by atoms with Gasteiger partial charge in [0, 0.05) is 17.7 Å². The number of halogens is 1. The monoisotopic (exact) mass is 486 g/mol. The number of ether oxygens (including phenoxy) is 2. The van der Waals surface area contributed by atoms with E-state index in [1.807, 2.05) is 43.3 Å². The van der Waals surface area contributed by atoms with Crippen molar-refractivity contribution in [1.82, 2.24) is 20.1 Å². The summed E-state index contributed by atoms with van der Waals surface area (Å²) in [4.78, 5) is 16.7. The number of ketones is 1. The average Bonchev–Trinajstić information content (AvgIpc) is 3.34. The Balaban J connectivity index is 1.48. The third-order valence-electron chi connectivity index (χ3n) is 6.40. The average molecular weight is 487 g/mol. The molecule has 5 rings (SSSR count). The SMILES string of the molecule is COc1c(C(C)=O)cnn1-c1cccc(-c2cccc(C)c2OCc2ccc3c(c2F)CCNC3)n1. The van der Waals surface area contributed by atoms with E-state index in [-0.39, 0.29) is 18.2 Å². The molecule has 0 atom stereocenters. The third kappa shape index (κ3) is 4.35. The van der Waals surface area contributed by atoms with E-state index in [2.05, 4.69) is 10.4 Å². The molecule has 0 saturated carbocycles. The normalized spacial score (nSPS) is 12.8. The quantitative estimate of drug-likeness (QED) is 0.378. The van der Waals surface area contributed by atoms with E-state index in [1.165, 1.54) is 24.9 Å². The number of methoxy groups -OCH3 is 1. The van der Waals surface area contributed by atoms with Gasteiger partial charge in [0.25, 0.3) is 0 Å². The number of hydrogen-bond acceptors (Lipinski definition) is 6. The molecule has 8 heteroatoms. The molecule has 1 aliphatic rings. The summed E-state index contributed by atoms with van der Waals surface area (Å²) in [5, 5.41) is 7.58. The van der Waals surface area contributed by atoms with E-state index < -0.39 is 0 Å². The number of carbonyl (C=O) groups excluding carboxylic acids is 1. The molecule has 0 saturated heterocycles. The summed E-state index contributed by atoms with van der Waals surface area (Å²) in [6.45, 7) is 4.98. The van der Waals surface area contributed by atoms with Crippen LogP contribution in [0.5, 0.6) is 11.6 Å². The highest BCUT2D eigenvalue weighted by atomic mass is 19.1. The highest BCUT2D eigenvalue weighted by molar-refractivity contribution is 5.96. The van der Waals surface area contributed by atoms with Crippen LogP contribution < -0.4 is 14.8 Å². The summed E-state index contributed by atoms with van der Waals surface area (Å²) in [6.07, 6.45) is 2.14. The maximum absolute atomic E-state index is 15.2. The molecule has 36 heavy (non-hydrogen) atoms. The molecule has 0 aliphatic carbocycles. The van der Waals surface area contributed by atoms with Gasteiger partial charge in [0.2, 0.25) is 5.88 Å². The van der Waals surface area contributed by atoms with Gasteiger partial charge >= 0.3 is 0 Å². The molecule has 4 aromatic rings. The van der Waals surface area contributed by atoms with Crippen LogP contribution in [0.2, 0.25) is 0 Å². The van der Waals surface area contributed by atoms with Crippen LogP contribution in [-0.4, -0.2) is 34.2 Å². The smallest absolute Gasteiger partial charge is 0.228 e. The molecule has 1 aliphatic heterocycles. The number of rotatable bonds is 7. The number of carbonyl (C=O) groups is 1. The van der Waals surface area contributed by atoms with Gasteiger partial charge in [-0.15, -0.1) is 0 Å². The van der Waals surface area contributed by atoms with Crippen LogP contribution in [0.3, 0.4) is 0 Å². The van der Waals surface area contributed by atoms with Crippen molar-refractivity contribution in [2.24, 2.45) is 0 Å². The zero-order valence-electron chi connectivity index (χ0n) is 20.5. The van der Waals surface area contributed by atoms with Crippen molar-refractivity contribution in [3.05, 3.63) is 88.4 Å². The maximum Gasteiger partial charge on any atom is 0.228 e. The summed E-state index contributed by atoms with van der Waals surface area (Å²) < 4.78 is 28.3. The van der Waals surface area contributed by atoms with E-state index >= 15 is 4.39 Å². The van der Waals surface area contributed by atoms with Crippen molar-refractivity contribution in [2.45, 2.75) is 33.4 Å². The lowest BCUT2D eigenvalue weighted by Gasteiger charge is -2.20. The van der Waals surface area contributed by atoms with Crippen LogP contribution >= 0.6 is 0 Å². The number of aryl methyl sites for hydroxylation is 1. The third-order valence-corrected chi connectivity index (χ3v) is 6.40. The number of benzene rings is 2. The number of nitrogens with zero attached hydrogens (tertiary/aromatic N) is 3. The second-order valence-electron chi connectivity index (χ2n) is 8.76. The van der Waals surface area contributed by atoms with Crippen molar-refractivity contribution in [1.29, 1.82) is 0 Å². The fourth-order valence-electron chi connectivity index (χ4n) is 4.52. The van der Waals surface area contributed by atoms with Crippen LogP contribution in [0.25, 0.3) is 17.1 Å². The number of hydrogen-bond donors (Lipinski definition) is 1. The summed E-state index contributed by atoms with van der Waals surface area (Å²) in [7, 11) is 1.49. The van der Waals surface area contributed by atoms with Gasteiger partial charge in [-0.1, -0.05) is 30.3 Å². The van der Waals surface area contributed by atoms with Gasteiger partial charge in [-0.2, -0.15) is 9.78 Å². The first kappa shape index (κ1) is 23.7. The molecule has 0 unspecified atom stereocenters. The molecule has 0 spiro atoms. The van der Waals surface area contributed by atoms with Gasteiger partial charge in [0.1, 0.15) is 18.2 Å². The Kier molecular flexibility index (Phi) is 6.52. The standard InChI is InChI=1S/C28H27FN4O3/c1-17-6-4-7-22(27(17)36-16-20-11-10-19-14-30-13-12-21(19)26(20)29)24-8-5-9-25(32-24)33-28(35-3)23(15-31-33)18(2)34/h4-11,15,30H,12-14,16H2,1-3H3. The zero-order valence-corrected chi connectivity index (χ0v) is 20.5. The number of para-hydroxylation sites is 1. The highest BCUT2D eigenvalue weighted by Crippen LogP contribution is 2.34. The topological polar surface area (TPSA) is 78.3 Å². The Morgan fingerprint density at radius 1 is 1.17 bits per heavy atom. The first-order valence-electron chi connectivity index (χ1n) is 11.8. The lowest BCUT2D eigenvalue weighted by molar-refractivity contribution is 0.101. The minimum Gasteiger partial charge on any atom is -0.488 e. The van der Waals surface area contributed by atoms with Crippen molar-refractivity contribution < 1.29 is 18.7 Å². The van der Waals surface area contributed by atoms with Crippen LogP contribution in [0.1, 0.15) is 39.5 Å². The fraction of sp³-hybridized carbons (Fsp3) is 0.250. The minimum absolute atomic E-state index is 0.110. The van der Waals surface area contributed by atoms with Gasteiger partial charge < -0.3 is 14.8 Å². The summed E-state index contributed by atoms with van der Waals surface area (Å²) in [5.74, 6) is 1.13. The van der Waals surface area contributed by atoms with Crippen LogP contribution in [0.15, 0.2) is 54.7 Å². The largest absolute Gasteiger partial charge is 0.488 e.